The first-order valence-corrected chi connectivity index (χ1v) is 9.05. The SMILES string of the molecule is CC(C)(N)C(=O)N1CCC[C@]2(CCC(=O)N(Cc3ccccn3)C2)C1. The van der Waals surface area contributed by atoms with E-state index in [1.165, 1.54) is 0 Å². The number of hydrogen-bond acceptors (Lipinski definition) is 4. The maximum atomic E-state index is 12.6. The molecule has 6 heteroatoms. The van der Waals surface area contributed by atoms with Crippen molar-refractivity contribution in [3.05, 3.63) is 30.1 Å². The van der Waals surface area contributed by atoms with Crippen LogP contribution < -0.4 is 5.73 Å². The summed E-state index contributed by atoms with van der Waals surface area (Å²) in [6.45, 7) is 6.20. The van der Waals surface area contributed by atoms with Gasteiger partial charge in [0.2, 0.25) is 11.8 Å². The van der Waals surface area contributed by atoms with Crippen molar-refractivity contribution in [1.82, 2.24) is 14.8 Å². The Morgan fingerprint density at radius 3 is 2.80 bits per heavy atom. The van der Waals surface area contributed by atoms with Gasteiger partial charge in [0.05, 0.1) is 17.8 Å². The number of likely N-dealkylation sites (tertiary alicyclic amines) is 2. The molecular formula is C19H28N4O2. The van der Waals surface area contributed by atoms with Crippen LogP contribution in [0.1, 0.15) is 45.2 Å². The van der Waals surface area contributed by atoms with E-state index in [4.69, 9.17) is 5.73 Å². The Kier molecular flexibility index (Phi) is 4.82. The second-order valence-corrected chi connectivity index (χ2v) is 8.12. The molecule has 2 amide bonds. The van der Waals surface area contributed by atoms with Crippen LogP contribution in [0, 0.1) is 5.41 Å². The zero-order chi connectivity index (χ0) is 18.1. The zero-order valence-electron chi connectivity index (χ0n) is 15.2. The highest BCUT2D eigenvalue weighted by atomic mass is 16.2. The molecule has 1 aromatic rings. The van der Waals surface area contributed by atoms with Crippen LogP contribution in [0.15, 0.2) is 24.4 Å². The summed E-state index contributed by atoms with van der Waals surface area (Å²) in [5.74, 6) is 0.179. The molecule has 0 aromatic carbocycles. The van der Waals surface area contributed by atoms with Crippen LogP contribution in [0.2, 0.25) is 0 Å². The minimum atomic E-state index is -0.851. The zero-order valence-corrected chi connectivity index (χ0v) is 15.2. The molecule has 1 spiro atoms. The van der Waals surface area contributed by atoms with Gasteiger partial charge in [0.1, 0.15) is 0 Å². The van der Waals surface area contributed by atoms with E-state index in [9.17, 15) is 9.59 Å². The van der Waals surface area contributed by atoms with Crippen LogP contribution in [0.4, 0.5) is 0 Å². The number of amides is 2. The number of rotatable bonds is 3. The maximum Gasteiger partial charge on any atom is 0.242 e. The lowest BCUT2D eigenvalue weighted by Gasteiger charge is -2.49. The van der Waals surface area contributed by atoms with Crippen molar-refractivity contribution in [1.29, 1.82) is 0 Å². The summed E-state index contributed by atoms with van der Waals surface area (Å²) < 4.78 is 0. The van der Waals surface area contributed by atoms with Crippen LogP contribution in [-0.2, 0) is 16.1 Å². The van der Waals surface area contributed by atoms with Gasteiger partial charge in [0, 0.05) is 37.7 Å². The Morgan fingerprint density at radius 1 is 1.32 bits per heavy atom. The van der Waals surface area contributed by atoms with Crippen molar-refractivity contribution < 1.29 is 9.59 Å². The number of piperidine rings is 2. The van der Waals surface area contributed by atoms with E-state index in [0.717, 1.165) is 31.5 Å². The molecule has 25 heavy (non-hydrogen) atoms. The lowest BCUT2D eigenvalue weighted by molar-refractivity contribution is -0.145. The molecule has 0 saturated carbocycles. The summed E-state index contributed by atoms with van der Waals surface area (Å²) in [6.07, 6.45) is 5.16. The molecule has 2 aliphatic heterocycles. The number of pyridine rings is 1. The average Bonchev–Trinajstić information content (AvgIpc) is 2.58. The molecule has 1 aromatic heterocycles. The van der Waals surface area contributed by atoms with Crippen molar-refractivity contribution >= 4 is 11.8 Å². The lowest BCUT2D eigenvalue weighted by atomic mass is 9.73. The molecule has 1 atom stereocenters. The fourth-order valence-corrected chi connectivity index (χ4v) is 4.06. The predicted molar refractivity (Wildman–Crippen MR) is 95.4 cm³/mol. The second-order valence-electron chi connectivity index (χ2n) is 8.12. The monoisotopic (exact) mass is 344 g/mol. The molecule has 0 radical (unpaired) electrons. The highest BCUT2D eigenvalue weighted by molar-refractivity contribution is 5.85. The van der Waals surface area contributed by atoms with Gasteiger partial charge in [-0.15, -0.1) is 0 Å². The molecule has 3 rings (SSSR count). The number of nitrogens with two attached hydrogens (primary N) is 1. The molecular weight excluding hydrogens is 316 g/mol. The van der Waals surface area contributed by atoms with Crippen LogP contribution in [0.25, 0.3) is 0 Å². The van der Waals surface area contributed by atoms with Crippen molar-refractivity contribution in [3.63, 3.8) is 0 Å². The molecule has 2 N–H and O–H groups in total. The number of carbonyl (C=O) groups is 2. The number of nitrogens with zero attached hydrogens (tertiary/aromatic N) is 3. The first kappa shape index (κ1) is 17.9. The largest absolute Gasteiger partial charge is 0.340 e. The fraction of sp³-hybridized carbons (Fsp3) is 0.632. The quantitative estimate of drug-likeness (QED) is 0.902. The second kappa shape index (κ2) is 6.75. The molecule has 3 heterocycles. The van der Waals surface area contributed by atoms with Crippen molar-refractivity contribution in [2.75, 3.05) is 19.6 Å². The minimum absolute atomic E-state index is 0.000231. The van der Waals surface area contributed by atoms with E-state index >= 15 is 0 Å². The van der Waals surface area contributed by atoms with Gasteiger partial charge in [0.25, 0.3) is 0 Å². The molecule has 2 aliphatic rings. The molecule has 6 nitrogen and oxygen atoms in total. The summed E-state index contributed by atoms with van der Waals surface area (Å²) in [5.41, 5.74) is 6.06. The van der Waals surface area contributed by atoms with Gasteiger partial charge in [0.15, 0.2) is 0 Å². The molecule has 2 fully saturated rings. The third-order valence-corrected chi connectivity index (χ3v) is 5.33. The van der Waals surface area contributed by atoms with Gasteiger partial charge in [-0.3, -0.25) is 14.6 Å². The molecule has 0 aliphatic carbocycles. The van der Waals surface area contributed by atoms with Gasteiger partial charge in [-0.05, 0) is 45.2 Å². The lowest BCUT2D eigenvalue weighted by Crippen LogP contribution is -2.59. The first-order valence-electron chi connectivity index (χ1n) is 9.05. The fourth-order valence-electron chi connectivity index (χ4n) is 4.06. The Morgan fingerprint density at radius 2 is 2.12 bits per heavy atom. The van der Waals surface area contributed by atoms with E-state index < -0.39 is 5.54 Å². The van der Waals surface area contributed by atoms with Crippen LogP contribution in [-0.4, -0.2) is 51.8 Å². The summed E-state index contributed by atoms with van der Waals surface area (Å²) in [7, 11) is 0. The van der Waals surface area contributed by atoms with Gasteiger partial charge < -0.3 is 15.5 Å². The molecule has 0 unspecified atom stereocenters. The van der Waals surface area contributed by atoms with Crippen molar-refractivity contribution in [2.45, 2.75) is 51.6 Å². The summed E-state index contributed by atoms with van der Waals surface area (Å²) in [5, 5.41) is 0. The van der Waals surface area contributed by atoms with Gasteiger partial charge in [-0.2, -0.15) is 0 Å². The Bertz CT molecular complexity index is 641. The standard InChI is InChI=1S/C19H28N4O2/c1-18(2,20)17(25)22-11-5-8-19(13-22)9-7-16(24)23(14-19)12-15-6-3-4-10-21-15/h3-4,6,10H,5,7-9,11-14,20H2,1-2H3/t19-/m0/s1. The van der Waals surface area contributed by atoms with Crippen LogP contribution >= 0.6 is 0 Å². The van der Waals surface area contributed by atoms with E-state index in [0.29, 0.717) is 26.1 Å². The van der Waals surface area contributed by atoms with Crippen molar-refractivity contribution in [2.24, 2.45) is 11.1 Å². The highest BCUT2D eigenvalue weighted by Crippen LogP contribution is 2.39. The van der Waals surface area contributed by atoms with Gasteiger partial charge in [-0.1, -0.05) is 6.07 Å². The van der Waals surface area contributed by atoms with Crippen molar-refractivity contribution in [3.8, 4) is 0 Å². The highest BCUT2D eigenvalue weighted by Gasteiger charge is 2.44. The van der Waals surface area contributed by atoms with E-state index in [2.05, 4.69) is 4.98 Å². The van der Waals surface area contributed by atoms with Crippen LogP contribution in [0.5, 0.6) is 0 Å². The first-order chi connectivity index (χ1) is 11.8. The number of aromatic nitrogens is 1. The third-order valence-electron chi connectivity index (χ3n) is 5.33. The topological polar surface area (TPSA) is 79.5 Å². The number of hydrogen-bond donors (Lipinski definition) is 1. The Balaban J connectivity index is 1.72. The molecule has 136 valence electrons. The molecule has 2 saturated heterocycles. The molecule has 0 bridgehead atoms. The average molecular weight is 344 g/mol. The number of carbonyl (C=O) groups excluding carboxylic acids is 2. The van der Waals surface area contributed by atoms with E-state index in [1.807, 2.05) is 28.0 Å². The smallest absolute Gasteiger partial charge is 0.242 e. The van der Waals surface area contributed by atoms with Gasteiger partial charge in [-0.25, -0.2) is 0 Å². The summed E-state index contributed by atoms with van der Waals surface area (Å²) in [4.78, 5) is 33.1. The Labute approximate surface area is 149 Å². The summed E-state index contributed by atoms with van der Waals surface area (Å²) >= 11 is 0. The maximum absolute atomic E-state index is 12.6. The van der Waals surface area contributed by atoms with E-state index in [1.54, 1.807) is 20.0 Å². The summed E-state index contributed by atoms with van der Waals surface area (Å²) in [6, 6.07) is 5.77. The van der Waals surface area contributed by atoms with E-state index in [-0.39, 0.29) is 17.2 Å². The normalized spacial score (nSPS) is 24.7. The van der Waals surface area contributed by atoms with Gasteiger partial charge >= 0.3 is 0 Å². The Hall–Kier alpha value is -1.95. The predicted octanol–water partition coefficient (Wildman–Crippen LogP) is 1.55. The minimum Gasteiger partial charge on any atom is -0.340 e. The third kappa shape index (κ3) is 4.00. The van der Waals surface area contributed by atoms with Crippen LogP contribution in [0.3, 0.4) is 0 Å².